The number of pyridine rings is 1. The first-order valence-corrected chi connectivity index (χ1v) is 8.40. The van der Waals surface area contributed by atoms with Gasteiger partial charge < -0.3 is 5.21 Å². The molecule has 0 bridgehead atoms. The number of anilines is 1. The summed E-state index contributed by atoms with van der Waals surface area (Å²) in [5.74, 6) is -0.347. The van der Waals surface area contributed by atoms with Crippen LogP contribution in [0, 0.1) is 5.21 Å². The minimum Gasteiger partial charge on any atom is -0.619 e. The number of carbonyl (C=O) groups is 1. The van der Waals surface area contributed by atoms with Gasteiger partial charge in [-0.2, -0.15) is 4.73 Å². The third-order valence-corrected chi connectivity index (χ3v) is 4.54. The summed E-state index contributed by atoms with van der Waals surface area (Å²) in [7, 11) is 0. The molecule has 5 nitrogen and oxygen atoms in total. The van der Waals surface area contributed by atoms with E-state index in [-0.39, 0.29) is 5.91 Å². The summed E-state index contributed by atoms with van der Waals surface area (Å²) < 4.78 is 1.63. The number of hydrogen-bond acceptors (Lipinski definition) is 4. The van der Waals surface area contributed by atoms with Crippen molar-refractivity contribution in [1.29, 1.82) is 0 Å². The summed E-state index contributed by atoms with van der Waals surface area (Å²) in [5.41, 5.74) is 1.47. The van der Waals surface area contributed by atoms with E-state index in [0.717, 1.165) is 15.8 Å². The Morgan fingerprint density at radius 2 is 2.09 bits per heavy atom. The van der Waals surface area contributed by atoms with Gasteiger partial charge in [0, 0.05) is 28.0 Å². The molecule has 0 saturated heterocycles. The van der Waals surface area contributed by atoms with Crippen LogP contribution in [0.2, 0.25) is 0 Å². The molecule has 1 N–H and O–H groups in total. The monoisotopic (exact) mass is 389 g/mol. The van der Waals surface area contributed by atoms with Crippen LogP contribution in [0.4, 0.5) is 5.13 Å². The fraction of sp³-hybridized carbons (Fsp3) is 0.0625. The second-order valence-electron chi connectivity index (χ2n) is 4.84. The molecule has 0 unspecified atom stereocenters. The first-order chi connectivity index (χ1) is 11.1. The molecule has 1 aromatic carbocycles. The summed E-state index contributed by atoms with van der Waals surface area (Å²) in [6.07, 6.45) is 5.07. The first-order valence-electron chi connectivity index (χ1n) is 6.79. The SMILES string of the molecule is O=C(Nc1ncc(Cc2ccc(Br)cc2)s1)c1ccc[n+]([O-])c1. The molecule has 23 heavy (non-hydrogen) atoms. The molecule has 0 fully saturated rings. The normalized spacial score (nSPS) is 10.5. The summed E-state index contributed by atoms with van der Waals surface area (Å²) in [6, 6.07) is 11.2. The third-order valence-electron chi connectivity index (χ3n) is 3.10. The Hall–Kier alpha value is -2.25. The van der Waals surface area contributed by atoms with E-state index < -0.39 is 0 Å². The average molecular weight is 390 g/mol. The number of carbonyl (C=O) groups excluding carboxylic acids is 1. The summed E-state index contributed by atoms with van der Waals surface area (Å²) >= 11 is 4.83. The Balaban J connectivity index is 1.67. The number of nitrogens with one attached hydrogen (secondary N) is 1. The van der Waals surface area contributed by atoms with E-state index in [2.05, 4.69) is 26.2 Å². The Morgan fingerprint density at radius 1 is 1.30 bits per heavy atom. The molecule has 0 saturated carbocycles. The molecule has 0 atom stereocenters. The van der Waals surface area contributed by atoms with Gasteiger partial charge in [0.05, 0.1) is 0 Å². The second kappa shape index (κ2) is 6.89. The molecular formula is C16H12BrN3O2S. The van der Waals surface area contributed by atoms with Crippen molar-refractivity contribution in [2.24, 2.45) is 0 Å². The number of amides is 1. The van der Waals surface area contributed by atoms with Crippen LogP contribution >= 0.6 is 27.3 Å². The first kappa shape index (κ1) is 15.6. The quantitative estimate of drug-likeness (QED) is 0.549. The van der Waals surface area contributed by atoms with Gasteiger partial charge in [0.25, 0.3) is 5.91 Å². The third kappa shape index (κ3) is 4.14. The molecule has 1 amide bonds. The van der Waals surface area contributed by atoms with Gasteiger partial charge in [-0.05, 0) is 23.8 Å². The van der Waals surface area contributed by atoms with Gasteiger partial charge in [0.15, 0.2) is 17.5 Å². The molecule has 3 rings (SSSR count). The van der Waals surface area contributed by atoms with Gasteiger partial charge in [0.2, 0.25) is 0 Å². The van der Waals surface area contributed by atoms with Crippen molar-refractivity contribution < 1.29 is 9.52 Å². The number of thiazole rings is 1. The fourth-order valence-corrected chi connectivity index (χ4v) is 3.11. The molecule has 2 heterocycles. The van der Waals surface area contributed by atoms with Gasteiger partial charge >= 0.3 is 0 Å². The number of hydrogen-bond donors (Lipinski definition) is 1. The minimum absolute atomic E-state index is 0.298. The zero-order valence-corrected chi connectivity index (χ0v) is 14.3. The lowest BCUT2D eigenvalue weighted by atomic mass is 10.1. The zero-order chi connectivity index (χ0) is 16.2. The molecule has 0 spiro atoms. The van der Waals surface area contributed by atoms with Crippen LogP contribution in [-0.4, -0.2) is 10.9 Å². The van der Waals surface area contributed by atoms with Gasteiger partial charge in [-0.25, -0.2) is 4.98 Å². The molecule has 7 heteroatoms. The van der Waals surface area contributed by atoms with E-state index in [9.17, 15) is 10.0 Å². The van der Waals surface area contributed by atoms with Crippen LogP contribution in [0.1, 0.15) is 20.8 Å². The number of nitrogens with zero attached hydrogens (tertiary/aromatic N) is 2. The van der Waals surface area contributed by atoms with Gasteiger partial charge in [-0.15, -0.1) is 11.3 Å². The van der Waals surface area contributed by atoms with Gasteiger partial charge in [0.1, 0.15) is 5.56 Å². The summed E-state index contributed by atoms with van der Waals surface area (Å²) in [4.78, 5) is 17.3. The number of benzene rings is 1. The van der Waals surface area contributed by atoms with Gasteiger partial charge in [-0.3, -0.25) is 10.1 Å². The zero-order valence-electron chi connectivity index (χ0n) is 11.9. The van der Waals surface area contributed by atoms with Crippen molar-refractivity contribution in [3.05, 3.63) is 80.7 Å². The molecule has 0 aliphatic heterocycles. The highest BCUT2D eigenvalue weighted by Gasteiger charge is 2.11. The van der Waals surface area contributed by atoms with Crippen molar-refractivity contribution in [1.82, 2.24) is 4.98 Å². The summed E-state index contributed by atoms with van der Waals surface area (Å²) in [6.45, 7) is 0. The van der Waals surface area contributed by atoms with Crippen molar-refractivity contribution in [3.63, 3.8) is 0 Å². The van der Waals surface area contributed by atoms with Crippen LogP contribution < -0.4 is 10.0 Å². The predicted octanol–water partition coefficient (Wildman–Crippen LogP) is 3.38. The minimum atomic E-state index is -0.347. The average Bonchev–Trinajstić information content (AvgIpc) is 2.96. The van der Waals surface area contributed by atoms with E-state index in [4.69, 9.17) is 0 Å². The van der Waals surface area contributed by atoms with Crippen LogP contribution in [0.5, 0.6) is 0 Å². The predicted molar refractivity (Wildman–Crippen MR) is 92.4 cm³/mol. The molecule has 2 aromatic heterocycles. The van der Waals surface area contributed by atoms with E-state index in [1.54, 1.807) is 12.3 Å². The maximum atomic E-state index is 12.1. The second-order valence-corrected chi connectivity index (χ2v) is 6.87. The highest BCUT2D eigenvalue weighted by molar-refractivity contribution is 9.10. The molecule has 0 radical (unpaired) electrons. The van der Waals surface area contributed by atoms with Crippen LogP contribution in [-0.2, 0) is 6.42 Å². The van der Waals surface area contributed by atoms with E-state index >= 15 is 0 Å². The van der Waals surface area contributed by atoms with E-state index in [1.807, 2.05) is 24.3 Å². The maximum Gasteiger partial charge on any atom is 0.263 e. The lowest BCUT2D eigenvalue weighted by Crippen LogP contribution is -2.27. The van der Waals surface area contributed by atoms with Crippen LogP contribution in [0.25, 0.3) is 0 Å². The largest absolute Gasteiger partial charge is 0.619 e. The van der Waals surface area contributed by atoms with E-state index in [0.29, 0.717) is 15.4 Å². The number of halogens is 1. The van der Waals surface area contributed by atoms with E-state index in [1.165, 1.54) is 35.4 Å². The van der Waals surface area contributed by atoms with Crippen molar-refractivity contribution in [2.45, 2.75) is 6.42 Å². The van der Waals surface area contributed by atoms with Crippen LogP contribution in [0.3, 0.4) is 0 Å². The smallest absolute Gasteiger partial charge is 0.263 e. The molecule has 116 valence electrons. The number of rotatable bonds is 4. The fourth-order valence-electron chi connectivity index (χ4n) is 2.01. The Bertz CT molecular complexity index is 833. The molecule has 0 aliphatic carbocycles. The van der Waals surface area contributed by atoms with Crippen molar-refractivity contribution in [3.8, 4) is 0 Å². The Labute approximate surface area is 145 Å². The van der Waals surface area contributed by atoms with Crippen molar-refractivity contribution in [2.75, 3.05) is 5.32 Å². The molecular weight excluding hydrogens is 378 g/mol. The summed E-state index contributed by atoms with van der Waals surface area (Å²) in [5, 5.41) is 14.4. The van der Waals surface area contributed by atoms with Gasteiger partial charge in [-0.1, -0.05) is 28.1 Å². The van der Waals surface area contributed by atoms with Crippen molar-refractivity contribution >= 4 is 38.3 Å². The standard InChI is InChI=1S/C16H12BrN3O2S/c17-13-5-3-11(4-6-13)8-14-9-18-16(23-14)19-15(21)12-2-1-7-20(22)10-12/h1-7,9-10H,8H2,(H,18,19,21). The van der Waals surface area contributed by atoms with Crippen LogP contribution in [0.15, 0.2) is 59.5 Å². The molecule has 0 aliphatic rings. The maximum absolute atomic E-state index is 12.1. The highest BCUT2D eigenvalue weighted by Crippen LogP contribution is 2.22. The molecule has 3 aromatic rings. The lowest BCUT2D eigenvalue weighted by molar-refractivity contribution is -0.605. The Kier molecular flexibility index (Phi) is 4.68. The number of aromatic nitrogens is 2. The Morgan fingerprint density at radius 3 is 2.83 bits per heavy atom. The topological polar surface area (TPSA) is 68.9 Å². The highest BCUT2D eigenvalue weighted by atomic mass is 79.9. The lowest BCUT2D eigenvalue weighted by Gasteiger charge is -2.01.